The third-order valence-corrected chi connectivity index (χ3v) is 6.04. The van der Waals surface area contributed by atoms with Crippen LogP contribution in [0.5, 0.6) is 0 Å². The van der Waals surface area contributed by atoms with E-state index in [1.54, 1.807) is 0 Å². The summed E-state index contributed by atoms with van der Waals surface area (Å²) in [7, 11) is 2.15. The number of nitrogens with zero attached hydrogens (tertiary/aromatic N) is 3. The highest BCUT2D eigenvalue weighted by Gasteiger charge is 2.20. The minimum Gasteiger partial charge on any atom is -0.369 e. The molecule has 0 saturated carbocycles. The fourth-order valence-corrected chi connectivity index (χ4v) is 4.15. The zero-order valence-electron chi connectivity index (χ0n) is 17.6. The predicted octanol–water partition coefficient (Wildman–Crippen LogP) is 2.49. The number of carbonyl (C=O) groups is 2. The van der Waals surface area contributed by atoms with Gasteiger partial charge in [0.15, 0.2) is 0 Å². The molecule has 2 fully saturated rings. The van der Waals surface area contributed by atoms with E-state index >= 15 is 0 Å². The van der Waals surface area contributed by atoms with Gasteiger partial charge < -0.3 is 20.0 Å². The highest BCUT2D eigenvalue weighted by atomic mass is 16.2. The molecule has 2 heterocycles. The van der Waals surface area contributed by atoms with Gasteiger partial charge in [-0.3, -0.25) is 9.59 Å². The zero-order valence-corrected chi connectivity index (χ0v) is 17.6. The Morgan fingerprint density at radius 2 is 1.70 bits per heavy atom. The van der Waals surface area contributed by atoms with Crippen molar-refractivity contribution < 1.29 is 9.59 Å². The van der Waals surface area contributed by atoms with Gasteiger partial charge in [-0.15, -0.1) is 0 Å². The highest BCUT2D eigenvalue weighted by Crippen LogP contribution is 2.22. The second-order valence-corrected chi connectivity index (χ2v) is 8.22. The molecule has 2 amide bonds. The van der Waals surface area contributed by atoms with Crippen LogP contribution in [0.2, 0.25) is 0 Å². The maximum Gasteiger partial charge on any atom is 0.251 e. The first-order valence-electron chi connectivity index (χ1n) is 10.8. The van der Waals surface area contributed by atoms with Gasteiger partial charge in [-0.25, -0.2) is 0 Å². The first kappa shape index (κ1) is 20.4. The zero-order chi connectivity index (χ0) is 20.9. The van der Waals surface area contributed by atoms with Gasteiger partial charge in [0.2, 0.25) is 5.91 Å². The standard InChI is InChI=1S/C24H30N4O2/c1-26-13-15-27(16-14-26)22-6-3-2-5-21(22)17-25-24(30)20-10-8-19(9-11-20)18-28-12-4-7-23(28)29/h2-3,5-6,8-11H,4,7,12-18H2,1H3,(H,25,30). The molecule has 2 saturated heterocycles. The lowest BCUT2D eigenvalue weighted by atomic mass is 10.1. The van der Waals surface area contributed by atoms with Crippen LogP contribution >= 0.6 is 0 Å². The van der Waals surface area contributed by atoms with Crippen LogP contribution in [-0.2, 0) is 17.9 Å². The summed E-state index contributed by atoms with van der Waals surface area (Å²) in [6, 6.07) is 15.9. The van der Waals surface area contributed by atoms with Gasteiger partial charge in [0.1, 0.15) is 0 Å². The quantitative estimate of drug-likeness (QED) is 0.801. The molecule has 2 aromatic carbocycles. The Hall–Kier alpha value is -2.86. The molecule has 30 heavy (non-hydrogen) atoms. The topological polar surface area (TPSA) is 55.9 Å². The van der Waals surface area contributed by atoms with E-state index in [1.807, 2.05) is 35.2 Å². The molecular formula is C24H30N4O2. The molecule has 158 valence electrons. The minimum absolute atomic E-state index is 0.0769. The maximum absolute atomic E-state index is 12.7. The summed E-state index contributed by atoms with van der Waals surface area (Å²) < 4.78 is 0. The summed E-state index contributed by atoms with van der Waals surface area (Å²) in [5.74, 6) is 0.141. The maximum atomic E-state index is 12.7. The van der Waals surface area contributed by atoms with Crippen LogP contribution in [0.25, 0.3) is 0 Å². The molecule has 0 aliphatic carbocycles. The smallest absolute Gasteiger partial charge is 0.251 e. The average molecular weight is 407 g/mol. The molecule has 0 bridgehead atoms. The second-order valence-electron chi connectivity index (χ2n) is 8.22. The summed E-state index contributed by atoms with van der Waals surface area (Å²) in [5, 5.41) is 3.06. The fraction of sp³-hybridized carbons (Fsp3) is 0.417. The van der Waals surface area contributed by atoms with Crippen molar-refractivity contribution in [1.29, 1.82) is 0 Å². The van der Waals surface area contributed by atoms with Gasteiger partial charge in [0.05, 0.1) is 0 Å². The minimum atomic E-state index is -0.0769. The first-order valence-corrected chi connectivity index (χ1v) is 10.8. The lowest BCUT2D eigenvalue weighted by Crippen LogP contribution is -2.45. The van der Waals surface area contributed by atoms with E-state index in [2.05, 4.69) is 40.4 Å². The van der Waals surface area contributed by atoms with Crippen molar-refractivity contribution in [3.05, 3.63) is 65.2 Å². The SMILES string of the molecule is CN1CCN(c2ccccc2CNC(=O)c2ccc(CN3CCCC3=O)cc2)CC1. The third-order valence-electron chi connectivity index (χ3n) is 6.04. The number of anilines is 1. The third kappa shape index (κ3) is 4.82. The van der Waals surface area contributed by atoms with E-state index in [-0.39, 0.29) is 11.8 Å². The number of benzene rings is 2. The van der Waals surface area contributed by atoms with E-state index < -0.39 is 0 Å². The van der Waals surface area contributed by atoms with Crippen molar-refractivity contribution in [2.75, 3.05) is 44.7 Å². The molecule has 1 N–H and O–H groups in total. The lowest BCUT2D eigenvalue weighted by molar-refractivity contribution is -0.128. The summed E-state index contributed by atoms with van der Waals surface area (Å²) in [6.07, 6.45) is 1.59. The normalized spacial score (nSPS) is 17.4. The Morgan fingerprint density at radius 3 is 2.40 bits per heavy atom. The van der Waals surface area contributed by atoms with Gasteiger partial charge >= 0.3 is 0 Å². The summed E-state index contributed by atoms with van der Waals surface area (Å²) >= 11 is 0. The van der Waals surface area contributed by atoms with Crippen LogP contribution in [0.15, 0.2) is 48.5 Å². The molecule has 6 nitrogen and oxygen atoms in total. The van der Waals surface area contributed by atoms with E-state index in [0.29, 0.717) is 25.1 Å². The Bertz CT molecular complexity index is 888. The van der Waals surface area contributed by atoms with Crippen molar-refractivity contribution >= 4 is 17.5 Å². The number of likely N-dealkylation sites (tertiary alicyclic amines) is 1. The molecule has 0 atom stereocenters. The van der Waals surface area contributed by atoms with Crippen molar-refractivity contribution in [3.63, 3.8) is 0 Å². The molecular weight excluding hydrogens is 376 g/mol. The number of likely N-dealkylation sites (N-methyl/N-ethyl adjacent to an activating group) is 1. The Kier molecular flexibility index (Phi) is 6.33. The summed E-state index contributed by atoms with van der Waals surface area (Å²) in [4.78, 5) is 31.1. The van der Waals surface area contributed by atoms with Crippen molar-refractivity contribution in [2.45, 2.75) is 25.9 Å². The monoisotopic (exact) mass is 406 g/mol. The number of nitrogens with one attached hydrogen (secondary N) is 1. The molecule has 0 radical (unpaired) electrons. The number of rotatable bonds is 6. The van der Waals surface area contributed by atoms with Crippen LogP contribution in [0.3, 0.4) is 0 Å². The van der Waals surface area contributed by atoms with E-state index in [4.69, 9.17) is 0 Å². The predicted molar refractivity (Wildman–Crippen MR) is 118 cm³/mol. The molecule has 2 aliphatic rings. The molecule has 2 aromatic rings. The largest absolute Gasteiger partial charge is 0.369 e. The summed E-state index contributed by atoms with van der Waals surface area (Å²) in [6.45, 7) is 6.06. The van der Waals surface area contributed by atoms with Crippen LogP contribution < -0.4 is 10.2 Å². The van der Waals surface area contributed by atoms with Gasteiger partial charge in [0.25, 0.3) is 5.91 Å². The molecule has 2 aliphatic heterocycles. The molecule has 0 spiro atoms. The Morgan fingerprint density at radius 1 is 0.967 bits per heavy atom. The number of carbonyl (C=O) groups excluding carboxylic acids is 2. The lowest BCUT2D eigenvalue weighted by Gasteiger charge is -2.35. The van der Waals surface area contributed by atoms with Crippen molar-refractivity contribution in [3.8, 4) is 0 Å². The van der Waals surface area contributed by atoms with Crippen LogP contribution in [0.4, 0.5) is 5.69 Å². The summed E-state index contributed by atoms with van der Waals surface area (Å²) in [5.41, 5.74) is 4.04. The second kappa shape index (κ2) is 9.30. The average Bonchev–Trinajstić information content (AvgIpc) is 3.18. The van der Waals surface area contributed by atoms with Crippen LogP contribution in [0.1, 0.15) is 34.3 Å². The van der Waals surface area contributed by atoms with Crippen LogP contribution in [0, 0.1) is 0 Å². The molecule has 0 aromatic heterocycles. The number of para-hydroxylation sites is 1. The fourth-order valence-electron chi connectivity index (χ4n) is 4.15. The van der Waals surface area contributed by atoms with Gasteiger partial charge in [-0.05, 0) is 42.8 Å². The van der Waals surface area contributed by atoms with Gasteiger partial charge in [-0.1, -0.05) is 30.3 Å². The number of hydrogen-bond acceptors (Lipinski definition) is 4. The molecule has 0 unspecified atom stereocenters. The molecule has 6 heteroatoms. The van der Waals surface area contributed by atoms with Gasteiger partial charge in [0, 0.05) is 63.5 Å². The highest BCUT2D eigenvalue weighted by molar-refractivity contribution is 5.94. The Balaban J connectivity index is 1.35. The number of piperazine rings is 1. The van der Waals surface area contributed by atoms with Gasteiger partial charge in [-0.2, -0.15) is 0 Å². The first-order chi connectivity index (χ1) is 14.6. The van der Waals surface area contributed by atoms with Crippen molar-refractivity contribution in [2.24, 2.45) is 0 Å². The molecule has 4 rings (SSSR count). The Labute approximate surface area is 178 Å². The van der Waals surface area contributed by atoms with E-state index in [1.165, 1.54) is 5.69 Å². The number of hydrogen-bond donors (Lipinski definition) is 1. The van der Waals surface area contributed by atoms with E-state index in [9.17, 15) is 9.59 Å². The van der Waals surface area contributed by atoms with Crippen LogP contribution in [-0.4, -0.2) is 61.4 Å². The van der Waals surface area contributed by atoms with E-state index in [0.717, 1.165) is 50.3 Å². The van der Waals surface area contributed by atoms with Crippen molar-refractivity contribution in [1.82, 2.24) is 15.1 Å². The number of amides is 2.